The number of nitrogens with one attached hydrogen (secondary N) is 2. The number of para-hydroxylation sites is 1. The summed E-state index contributed by atoms with van der Waals surface area (Å²) in [6, 6.07) is 6.65. The number of carbonyl (C=O) groups is 2. The van der Waals surface area contributed by atoms with Gasteiger partial charge in [-0.3, -0.25) is 14.6 Å². The number of nitrogens with zero attached hydrogens (tertiary/aromatic N) is 2. The topological polar surface area (TPSA) is 84.0 Å². The monoisotopic (exact) mass is 294 g/mol. The van der Waals surface area contributed by atoms with E-state index in [1.807, 2.05) is 0 Å². The number of hydrogen-bond donors (Lipinski definition) is 2. The number of terminal acetylenes is 1. The first-order chi connectivity index (χ1) is 10.6. The normalized spacial score (nSPS) is 9.64. The minimum absolute atomic E-state index is 0.116. The third-order valence-corrected chi connectivity index (χ3v) is 2.78. The Balaban J connectivity index is 2.19. The maximum atomic E-state index is 12.1. The zero-order valence-electron chi connectivity index (χ0n) is 12.0. The molecule has 110 valence electrons. The van der Waals surface area contributed by atoms with Gasteiger partial charge < -0.3 is 10.6 Å². The Kier molecular flexibility index (Phi) is 4.83. The number of anilines is 1. The molecule has 0 fully saturated rings. The van der Waals surface area contributed by atoms with Crippen LogP contribution in [0.15, 0.2) is 36.7 Å². The molecule has 1 aromatic heterocycles. The predicted octanol–water partition coefficient (Wildman–Crippen LogP) is 1.40. The first kappa shape index (κ1) is 15.2. The van der Waals surface area contributed by atoms with E-state index in [1.54, 1.807) is 31.2 Å². The van der Waals surface area contributed by atoms with Crippen molar-refractivity contribution in [3.05, 3.63) is 53.6 Å². The maximum absolute atomic E-state index is 12.1. The van der Waals surface area contributed by atoms with Crippen LogP contribution >= 0.6 is 0 Å². The van der Waals surface area contributed by atoms with Gasteiger partial charge in [-0.05, 0) is 19.1 Å². The van der Waals surface area contributed by atoms with Crippen LogP contribution in [-0.2, 0) is 0 Å². The first-order valence-corrected chi connectivity index (χ1v) is 6.52. The Morgan fingerprint density at radius 3 is 2.64 bits per heavy atom. The van der Waals surface area contributed by atoms with Gasteiger partial charge in [0.15, 0.2) is 0 Å². The number of hydrogen-bond acceptors (Lipinski definition) is 4. The summed E-state index contributed by atoms with van der Waals surface area (Å²) in [5.41, 5.74) is 1.59. The van der Waals surface area contributed by atoms with E-state index in [0.717, 1.165) is 0 Å². The zero-order valence-corrected chi connectivity index (χ0v) is 12.0. The van der Waals surface area contributed by atoms with Gasteiger partial charge in [0.05, 0.1) is 29.7 Å². The highest BCUT2D eigenvalue weighted by atomic mass is 16.2. The Morgan fingerprint density at radius 2 is 1.95 bits per heavy atom. The zero-order chi connectivity index (χ0) is 15.9. The summed E-state index contributed by atoms with van der Waals surface area (Å²) in [7, 11) is 0. The highest BCUT2D eigenvalue weighted by molar-refractivity contribution is 6.08. The maximum Gasteiger partial charge on any atom is 0.275 e. The number of amides is 2. The molecule has 2 rings (SSSR count). The summed E-state index contributed by atoms with van der Waals surface area (Å²) in [4.78, 5) is 32.1. The lowest BCUT2D eigenvalue weighted by atomic mass is 10.1. The molecular weight excluding hydrogens is 280 g/mol. The summed E-state index contributed by atoms with van der Waals surface area (Å²) >= 11 is 0. The molecule has 6 heteroatoms. The van der Waals surface area contributed by atoms with Gasteiger partial charge in [0, 0.05) is 6.20 Å². The predicted molar refractivity (Wildman–Crippen MR) is 82.3 cm³/mol. The van der Waals surface area contributed by atoms with Gasteiger partial charge in [-0.1, -0.05) is 18.1 Å². The molecule has 0 spiro atoms. The lowest BCUT2D eigenvalue weighted by Crippen LogP contribution is -2.25. The molecule has 1 aromatic carbocycles. The molecule has 22 heavy (non-hydrogen) atoms. The second-order valence-electron chi connectivity index (χ2n) is 4.43. The third kappa shape index (κ3) is 3.67. The molecule has 0 aliphatic carbocycles. The van der Waals surface area contributed by atoms with Gasteiger partial charge in [0.2, 0.25) is 0 Å². The smallest absolute Gasteiger partial charge is 0.275 e. The van der Waals surface area contributed by atoms with E-state index in [1.165, 1.54) is 12.4 Å². The van der Waals surface area contributed by atoms with Crippen LogP contribution in [0.4, 0.5) is 5.69 Å². The summed E-state index contributed by atoms with van der Waals surface area (Å²) < 4.78 is 0. The van der Waals surface area contributed by atoms with E-state index < -0.39 is 5.91 Å². The van der Waals surface area contributed by atoms with Gasteiger partial charge in [-0.25, -0.2) is 4.98 Å². The van der Waals surface area contributed by atoms with E-state index in [9.17, 15) is 9.59 Å². The molecular formula is C16H14N4O2. The minimum Gasteiger partial charge on any atom is -0.341 e. The highest BCUT2D eigenvalue weighted by Gasteiger charge is 2.14. The summed E-state index contributed by atoms with van der Waals surface area (Å²) in [6.45, 7) is 1.89. The Morgan fingerprint density at radius 1 is 1.18 bits per heavy atom. The van der Waals surface area contributed by atoms with Crippen LogP contribution in [-0.4, -0.2) is 28.3 Å². The average Bonchev–Trinajstić information content (AvgIpc) is 2.53. The number of aromatic nitrogens is 2. The first-order valence-electron chi connectivity index (χ1n) is 6.52. The molecule has 2 amide bonds. The van der Waals surface area contributed by atoms with E-state index >= 15 is 0 Å². The van der Waals surface area contributed by atoms with E-state index in [4.69, 9.17) is 6.42 Å². The molecule has 0 saturated carbocycles. The summed E-state index contributed by atoms with van der Waals surface area (Å²) in [5.74, 6) is 1.52. The lowest BCUT2D eigenvalue weighted by molar-refractivity contribution is 0.0959. The van der Waals surface area contributed by atoms with E-state index in [0.29, 0.717) is 16.9 Å². The van der Waals surface area contributed by atoms with Crippen LogP contribution in [0.5, 0.6) is 0 Å². The highest BCUT2D eigenvalue weighted by Crippen LogP contribution is 2.15. The Bertz CT molecular complexity index is 733. The van der Waals surface area contributed by atoms with Crippen molar-refractivity contribution in [2.75, 3.05) is 11.9 Å². The average molecular weight is 294 g/mol. The summed E-state index contributed by atoms with van der Waals surface area (Å²) in [5, 5.41) is 5.20. The molecule has 1 heterocycles. The molecule has 0 radical (unpaired) electrons. The van der Waals surface area contributed by atoms with Crippen LogP contribution in [0.25, 0.3) is 0 Å². The second kappa shape index (κ2) is 6.99. The third-order valence-electron chi connectivity index (χ3n) is 2.78. The lowest BCUT2D eigenvalue weighted by Gasteiger charge is -2.10. The largest absolute Gasteiger partial charge is 0.341 e. The van der Waals surface area contributed by atoms with Crippen LogP contribution in [0.2, 0.25) is 0 Å². The molecule has 2 N–H and O–H groups in total. The standard InChI is InChI=1S/C16H14N4O2/c1-3-8-17-15(21)12-6-4-5-7-13(12)20-16(22)14-10-18-11(2)9-19-14/h1,4-7,9-10H,8H2,2H3,(H,17,21)(H,20,22). The van der Waals surface area contributed by atoms with Crippen molar-refractivity contribution in [1.82, 2.24) is 15.3 Å². The number of benzene rings is 1. The van der Waals surface area contributed by atoms with Crippen LogP contribution in [0, 0.1) is 19.3 Å². The molecule has 0 aliphatic rings. The van der Waals surface area contributed by atoms with Crippen molar-refractivity contribution in [1.29, 1.82) is 0 Å². The van der Waals surface area contributed by atoms with Gasteiger partial charge >= 0.3 is 0 Å². The van der Waals surface area contributed by atoms with Gasteiger partial charge in [0.1, 0.15) is 5.69 Å². The SMILES string of the molecule is C#CCNC(=O)c1ccccc1NC(=O)c1cnc(C)cn1. The quantitative estimate of drug-likeness (QED) is 0.835. The van der Waals surface area contributed by atoms with Crippen LogP contribution < -0.4 is 10.6 Å². The van der Waals surface area contributed by atoms with Crippen molar-refractivity contribution >= 4 is 17.5 Å². The fourth-order valence-electron chi connectivity index (χ4n) is 1.71. The minimum atomic E-state index is -0.440. The van der Waals surface area contributed by atoms with Crippen molar-refractivity contribution in [3.8, 4) is 12.3 Å². The van der Waals surface area contributed by atoms with Gasteiger partial charge in [0.25, 0.3) is 11.8 Å². The van der Waals surface area contributed by atoms with Crippen LogP contribution in [0.1, 0.15) is 26.5 Å². The molecule has 0 saturated heterocycles. The van der Waals surface area contributed by atoms with Crippen molar-refractivity contribution < 1.29 is 9.59 Å². The Labute approximate surface area is 128 Å². The van der Waals surface area contributed by atoms with E-state index in [2.05, 4.69) is 26.5 Å². The number of carbonyl (C=O) groups excluding carboxylic acids is 2. The van der Waals surface area contributed by atoms with E-state index in [-0.39, 0.29) is 18.1 Å². The second-order valence-corrected chi connectivity index (χ2v) is 4.43. The van der Waals surface area contributed by atoms with Gasteiger partial charge in [-0.2, -0.15) is 0 Å². The van der Waals surface area contributed by atoms with Crippen molar-refractivity contribution in [3.63, 3.8) is 0 Å². The number of rotatable bonds is 4. The fourth-order valence-corrected chi connectivity index (χ4v) is 1.71. The molecule has 0 unspecified atom stereocenters. The number of aryl methyl sites for hydroxylation is 1. The van der Waals surface area contributed by atoms with Gasteiger partial charge in [-0.15, -0.1) is 6.42 Å². The molecule has 6 nitrogen and oxygen atoms in total. The fraction of sp³-hybridized carbons (Fsp3) is 0.125. The summed E-state index contributed by atoms with van der Waals surface area (Å²) in [6.07, 6.45) is 7.99. The Hall–Kier alpha value is -3.20. The molecule has 0 aliphatic heterocycles. The molecule has 2 aromatic rings. The van der Waals surface area contributed by atoms with Crippen LogP contribution in [0.3, 0.4) is 0 Å². The molecule has 0 bridgehead atoms. The van der Waals surface area contributed by atoms with Crippen molar-refractivity contribution in [2.24, 2.45) is 0 Å². The van der Waals surface area contributed by atoms with Crippen molar-refractivity contribution in [2.45, 2.75) is 6.92 Å². The molecule has 0 atom stereocenters.